The van der Waals surface area contributed by atoms with Crippen molar-refractivity contribution in [3.05, 3.63) is 47.4 Å². The summed E-state index contributed by atoms with van der Waals surface area (Å²) < 4.78 is 14.4. The fraction of sp³-hybridized carbons (Fsp3) is 0.400. The second kappa shape index (κ2) is 9.38. The van der Waals surface area contributed by atoms with Gasteiger partial charge >= 0.3 is 0 Å². The Labute approximate surface area is 213 Å². The van der Waals surface area contributed by atoms with Gasteiger partial charge in [0, 0.05) is 13.1 Å². The maximum absolute atomic E-state index is 13.0. The number of carbonyl (C=O) groups is 1. The first-order chi connectivity index (χ1) is 17.2. The van der Waals surface area contributed by atoms with Gasteiger partial charge in [-0.3, -0.25) is 4.79 Å². The summed E-state index contributed by atoms with van der Waals surface area (Å²) in [5.74, 6) is 2.05. The average Bonchev–Trinajstić information content (AvgIpc) is 3.59. The molecule has 11 heteroatoms. The fourth-order valence-corrected chi connectivity index (χ4v) is 4.76. The lowest BCUT2D eigenvalue weighted by Gasteiger charge is -2.30. The molecule has 3 aromatic heterocycles. The number of phenolic OH excluding ortho intramolecular Hbond substituents is 1. The van der Waals surface area contributed by atoms with Crippen molar-refractivity contribution in [1.29, 1.82) is 0 Å². The number of likely N-dealkylation sites (tertiary alicyclic amines) is 1. The summed E-state index contributed by atoms with van der Waals surface area (Å²) in [6.07, 6.45) is 1.95. The van der Waals surface area contributed by atoms with Crippen LogP contribution >= 0.6 is 11.7 Å². The van der Waals surface area contributed by atoms with E-state index in [1.165, 1.54) is 0 Å². The van der Waals surface area contributed by atoms with Crippen LogP contribution in [0.3, 0.4) is 0 Å². The third kappa shape index (κ3) is 4.70. The van der Waals surface area contributed by atoms with Crippen molar-refractivity contribution in [3.8, 4) is 5.75 Å². The molecule has 0 unspecified atom stereocenters. The highest BCUT2D eigenvalue weighted by molar-refractivity contribution is 6.99. The van der Waals surface area contributed by atoms with Crippen LogP contribution in [0.25, 0.3) is 11.3 Å². The lowest BCUT2D eigenvalue weighted by atomic mass is 9.85. The third-order valence-electron chi connectivity index (χ3n) is 6.22. The second-order valence-corrected chi connectivity index (χ2v) is 10.6. The molecule has 36 heavy (non-hydrogen) atoms. The van der Waals surface area contributed by atoms with Gasteiger partial charge in [0.1, 0.15) is 11.5 Å². The minimum absolute atomic E-state index is 0.132. The summed E-state index contributed by atoms with van der Waals surface area (Å²) in [5, 5.41) is 17.7. The van der Waals surface area contributed by atoms with E-state index in [0.29, 0.717) is 41.7 Å². The van der Waals surface area contributed by atoms with E-state index in [1.54, 1.807) is 23.1 Å². The summed E-state index contributed by atoms with van der Waals surface area (Å²) in [6.45, 7) is 9.61. The lowest BCUT2D eigenvalue weighted by Crippen LogP contribution is -2.27. The van der Waals surface area contributed by atoms with Crippen LogP contribution in [-0.4, -0.2) is 47.7 Å². The first-order valence-corrected chi connectivity index (χ1v) is 12.6. The molecule has 1 aromatic carbocycles. The zero-order valence-corrected chi connectivity index (χ0v) is 21.5. The van der Waals surface area contributed by atoms with Crippen molar-refractivity contribution >= 4 is 46.3 Å². The number of carbonyl (C=O) groups excluding carboxylic acids is 1. The number of aromatic hydroxyl groups is 1. The van der Waals surface area contributed by atoms with Crippen molar-refractivity contribution in [2.24, 2.45) is 5.41 Å². The molecule has 1 fully saturated rings. The van der Waals surface area contributed by atoms with Gasteiger partial charge in [-0.2, -0.15) is 8.75 Å². The van der Waals surface area contributed by atoms with Gasteiger partial charge in [0.2, 0.25) is 11.3 Å². The normalized spacial score (nSPS) is 14.8. The van der Waals surface area contributed by atoms with Gasteiger partial charge in [-0.25, -0.2) is 9.97 Å². The predicted molar refractivity (Wildman–Crippen MR) is 139 cm³/mol. The molecule has 3 N–H and O–H groups in total. The number of nitrogens with zero attached hydrogens (tertiary/aromatic N) is 5. The molecule has 4 aromatic rings. The monoisotopic (exact) mass is 507 g/mol. The van der Waals surface area contributed by atoms with Crippen LogP contribution in [0.2, 0.25) is 0 Å². The molecule has 1 aliphatic rings. The Hall–Kier alpha value is -3.73. The van der Waals surface area contributed by atoms with Gasteiger partial charge in [0.15, 0.2) is 17.4 Å². The molecule has 0 saturated carbocycles. The number of amides is 1. The number of fused-ring (bicyclic) bond motifs is 1. The van der Waals surface area contributed by atoms with Crippen molar-refractivity contribution in [1.82, 2.24) is 23.6 Å². The van der Waals surface area contributed by atoms with Gasteiger partial charge in [0.25, 0.3) is 5.91 Å². The number of hydrogen-bond donors (Lipinski definition) is 3. The number of furan rings is 1. The molecule has 4 heterocycles. The summed E-state index contributed by atoms with van der Waals surface area (Å²) in [5.41, 5.74) is 1.17. The average molecular weight is 508 g/mol. The standard InChI is InChI=1S/C25H29N7O3S/c1-14-10-11-17(35-14)19(25(2,3)4)27-21-20(28-22-23(29-21)31-36-30-22)26-16-9-7-8-15(18(16)33)24(34)32-12-5-6-13-32/h7-11,19,33H,5-6,12-13H2,1-4H3,(H,26,28,30)(H,27,29,31)/t19-/m0/s1. The molecule has 0 aliphatic carbocycles. The van der Waals surface area contributed by atoms with Crippen LogP contribution in [0.1, 0.15) is 61.5 Å². The van der Waals surface area contributed by atoms with Crippen molar-refractivity contribution < 1.29 is 14.3 Å². The molecular formula is C25H29N7O3S. The molecule has 1 amide bonds. The van der Waals surface area contributed by atoms with Crippen LogP contribution in [0, 0.1) is 12.3 Å². The van der Waals surface area contributed by atoms with Crippen molar-refractivity contribution in [3.63, 3.8) is 0 Å². The van der Waals surface area contributed by atoms with E-state index in [4.69, 9.17) is 4.42 Å². The van der Waals surface area contributed by atoms with E-state index in [-0.39, 0.29) is 28.7 Å². The highest BCUT2D eigenvalue weighted by Gasteiger charge is 2.31. The summed E-state index contributed by atoms with van der Waals surface area (Å²) in [4.78, 5) is 24.0. The van der Waals surface area contributed by atoms with E-state index < -0.39 is 0 Å². The van der Waals surface area contributed by atoms with E-state index in [0.717, 1.165) is 36.1 Å². The van der Waals surface area contributed by atoms with Gasteiger partial charge < -0.3 is 25.1 Å². The van der Waals surface area contributed by atoms with E-state index >= 15 is 0 Å². The van der Waals surface area contributed by atoms with Crippen LogP contribution in [0.15, 0.2) is 34.7 Å². The Morgan fingerprint density at radius 2 is 1.78 bits per heavy atom. The molecule has 5 rings (SSSR count). The van der Waals surface area contributed by atoms with Crippen molar-refractivity contribution in [2.75, 3.05) is 23.7 Å². The Morgan fingerprint density at radius 3 is 2.42 bits per heavy atom. The topological polar surface area (TPSA) is 129 Å². The quantitative estimate of drug-likeness (QED) is 0.299. The second-order valence-electron chi connectivity index (χ2n) is 10.1. The molecule has 1 aliphatic heterocycles. The number of hydrogen-bond acceptors (Lipinski definition) is 10. The number of phenols is 1. The maximum Gasteiger partial charge on any atom is 0.257 e. The summed E-state index contributed by atoms with van der Waals surface area (Å²) in [6, 6.07) is 8.70. The molecule has 10 nitrogen and oxygen atoms in total. The molecule has 0 bridgehead atoms. The molecule has 0 radical (unpaired) electrons. The first kappa shape index (κ1) is 24.0. The third-order valence-corrected chi connectivity index (χ3v) is 6.73. The number of benzene rings is 1. The first-order valence-electron chi connectivity index (χ1n) is 11.9. The Morgan fingerprint density at radius 1 is 1.08 bits per heavy atom. The van der Waals surface area contributed by atoms with Crippen LogP contribution in [0.4, 0.5) is 17.3 Å². The van der Waals surface area contributed by atoms with E-state index in [1.807, 2.05) is 19.1 Å². The van der Waals surface area contributed by atoms with Gasteiger partial charge in [0.05, 0.1) is 29.0 Å². The highest BCUT2D eigenvalue weighted by Crippen LogP contribution is 2.39. The molecule has 188 valence electrons. The number of aryl methyl sites for hydroxylation is 1. The van der Waals surface area contributed by atoms with E-state index in [2.05, 4.69) is 50.1 Å². The predicted octanol–water partition coefficient (Wildman–Crippen LogP) is 5.27. The maximum atomic E-state index is 13.0. The summed E-state index contributed by atoms with van der Waals surface area (Å²) >= 11 is 1.03. The zero-order chi connectivity index (χ0) is 25.4. The minimum atomic E-state index is -0.234. The zero-order valence-electron chi connectivity index (χ0n) is 20.7. The van der Waals surface area contributed by atoms with Gasteiger partial charge in [-0.1, -0.05) is 26.8 Å². The van der Waals surface area contributed by atoms with E-state index in [9.17, 15) is 9.90 Å². The SMILES string of the molecule is Cc1ccc([C@H](Nc2nc3nsnc3nc2Nc2cccc(C(=O)N3CCCC3)c2O)C(C)(C)C)o1. The molecular weight excluding hydrogens is 478 g/mol. The molecule has 0 spiro atoms. The Kier molecular flexibility index (Phi) is 6.25. The number of nitrogens with one attached hydrogen (secondary N) is 2. The highest BCUT2D eigenvalue weighted by atomic mass is 32.1. The Bertz CT molecular complexity index is 1400. The molecule has 1 atom stereocenters. The fourth-order valence-electron chi connectivity index (χ4n) is 4.32. The van der Waals surface area contributed by atoms with Gasteiger partial charge in [-0.05, 0) is 49.4 Å². The van der Waals surface area contributed by atoms with Crippen molar-refractivity contribution in [2.45, 2.75) is 46.6 Å². The number of rotatable bonds is 6. The lowest BCUT2D eigenvalue weighted by molar-refractivity contribution is 0.0790. The summed E-state index contributed by atoms with van der Waals surface area (Å²) in [7, 11) is 0. The van der Waals surface area contributed by atoms with Gasteiger partial charge in [-0.15, -0.1) is 0 Å². The largest absolute Gasteiger partial charge is 0.505 e. The number of para-hydroxylation sites is 1. The smallest absolute Gasteiger partial charge is 0.257 e. The minimum Gasteiger partial charge on any atom is -0.505 e. The number of anilines is 3. The number of aromatic nitrogens is 4. The molecule has 1 saturated heterocycles. The Balaban J connectivity index is 1.52. The van der Waals surface area contributed by atoms with Crippen LogP contribution in [-0.2, 0) is 0 Å². The van der Waals surface area contributed by atoms with Crippen LogP contribution < -0.4 is 10.6 Å². The van der Waals surface area contributed by atoms with Crippen LogP contribution in [0.5, 0.6) is 5.75 Å².